The van der Waals surface area contributed by atoms with Crippen molar-refractivity contribution in [2.75, 3.05) is 0 Å². The van der Waals surface area contributed by atoms with E-state index in [-0.39, 0.29) is 5.91 Å². The zero-order valence-corrected chi connectivity index (χ0v) is 11.3. The molecule has 0 spiro atoms. The van der Waals surface area contributed by atoms with Crippen molar-refractivity contribution >= 4 is 28.4 Å². The van der Waals surface area contributed by atoms with Gasteiger partial charge in [-0.15, -0.1) is 0 Å². The van der Waals surface area contributed by atoms with Gasteiger partial charge in [0.05, 0.1) is 12.2 Å². The maximum absolute atomic E-state index is 12.1. The van der Waals surface area contributed by atoms with Crippen molar-refractivity contribution in [1.29, 1.82) is 0 Å². The van der Waals surface area contributed by atoms with Crippen molar-refractivity contribution in [3.63, 3.8) is 0 Å². The first-order valence-corrected chi connectivity index (χ1v) is 6.56. The quantitative estimate of drug-likeness (QED) is 0.777. The van der Waals surface area contributed by atoms with E-state index in [9.17, 15) is 4.79 Å². The number of benzene rings is 1. The number of nitrogens with zero attached hydrogens (tertiary/aromatic N) is 1. The first-order valence-electron chi connectivity index (χ1n) is 6.19. The fourth-order valence-electron chi connectivity index (χ4n) is 1.99. The molecule has 0 atom stereocenters. The van der Waals surface area contributed by atoms with E-state index in [4.69, 9.17) is 11.6 Å². The van der Waals surface area contributed by atoms with Gasteiger partial charge in [0.2, 0.25) is 0 Å². The molecule has 2 aromatic heterocycles. The van der Waals surface area contributed by atoms with Crippen LogP contribution in [0.4, 0.5) is 0 Å². The largest absolute Gasteiger partial charge is 0.350 e. The Bertz CT molecular complexity index is 752. The van der Waals surface area contributed by atoms with Gasteiger partial charge in [-0.1, -0.05) is 23.7 Å². The molecule has 0 radical (unpaired) electrons. The third-order valence-electron chi connectivity index (χ3n) is 2.99. The Labute approximate surface area is 120 Å². The maximum atomic E-state index is 12.1. The minimum Gasteiger partial charge on any atom is -0.350 e. The van der Waals surface area contributed by atoms with Crippen LogP contribution in [0, 0.1) is 0 Å². The van der Waals surface area contributed by atoms with Crippen LogP contribution in [0.5, 0.6) is 0 Å². The molecule has 0 bridgehead atoms. The summed E-state index contributed by atoms with van der Waals surface area (Å²) in [6, 6.07) is 12.9. The third kappa shape index (κ3) is 2.65. The summed E-state index contributed by atoms with van der Waals surface area (Å²) in [4.78, 5) is 19.3. The summed E-state index contributed by atoms with van der Waals surface area (Å²) < 4.78 is 0. The zero-order valence-electron chi connectivity index (χ0n) is 10.6. The molecule has 3 aromatic rings. The van der Waals surface area contributed by atoms with Gasteiger partial charge in [-0.05, 0) is 30.3 Å². The van der Waals surface area contributed by atoms with E-state index in [1.54, 1.807) is 24.4 Å². The number of H-pyrrole nitrogens is 1. The molecule has 1 amide bonds. The number of hydrogen-bond donors (Lipinski definition) is 2. The molecule has 3 rings (SSSR count). The van der Waals surface area contributed by atoms with Crippen LogP contribution < -0.4 is 5.32 Å². The van der Waals surface area contributed by atoms with Crippen LogP contribution >= 0.6 is 11.6 Å². The van der Waals surface area contributed by atoms with Crippen molar-refractivity contribution in [2.45, 2.75) is 6.54 Å². The Morgan fingerprint density at radius 2 is 2.15 bits per heavy atom. The van der Waals surface area contributed by atoms with Gasteiger partial charge >= 0.3 is 0 Å². The molecular formula is C15H12ClN3O. The molecule has 0 saturated heterocycles. The van der Waals surface area contributed by atoms with Gasteiger partial charge in [0.1, 0.15) is 5.69 Å². The minimum absolute atomic E-state index is 0.164. The highest BCUT2D eigenvalue weighted by Crippen LogP contribution is 2.19. The van der Waals surface area contributed by atoms with Gasteiger partial charge in [0, 0.05) is 22.1 Å². The highest BCUT2D eigenvalue weighted by atomic mass is 35.5. The van der Waals surface area contributed by atoms with E-state index in [2.05, 4.69) is 15.3 Å². The number of pyridine rings is 1. The number of carbonyl (C=O) groups excluding carboxylic acids is 1. The smallest absolute Gasteiger partial charge is 0.268 e. The predicted octanol–water partition coefficient (Wildman–Crippen LogP) is 3.15. The highest BCUT2D eigenvalue weighted by Gasteiger charge is 2.09. The molecule has 2 N–H and O–H groups in total. The lowest BCUT2D eigenvalue weighted by atomic mass is 10.2. The molecule has 5 heteroatoms. The van der Waals surface area contributed by atoms with Crippen molar-refractivity contribution in [3.8, 4) is 0 Å². The first-order chi connectivity index (χ1) is 9.72. The molecule has 0 aliphatic heterocycles. The number of hydrogen-bond acceptors (Lipinski definition) is 2. The number of aromatic amines is 1. The molecule has 0 saturated carbocycles. The summed E-state index contributed by atoms with van der Waals surface area (Å²) in [5, 5.41) is 4.42. The molecule has 1 aromatic carbocycles. The standard InChI is InChI=1S/C15H12ClN3O/c16-11-5-4-10-7-14(19-13(10)8-11)15(20)18-9-12-3-1-2-6-17-12/h1-8,19H,9H2,(H,18,20). The van der Waals surface area contributed by atoms with Crippen LogP contribution in [0.15, 0.2) is 48.7 Å². The van der Waals surface area contributed by atoms with Crippen LogP contribution in [0.2, 0.25) is 5.02 Å². The second-order valence-corrected chi connectivity index (χ2v) is 4.85. The molecular weight excluding hydrogens is 274 g/mol. The van der Waals surface area contributed by atoms with E-state index >= 15 is 0 Å². The van der Waals surface area contributed by atoms with Gasteiger partial charge in [-0.3, -0.25) is 9.78 Å². The van der Waals surface area contributed by atoms with E-state index in [0.717, 1.165) is 16.6 Å². The summed E-state index contributed by atoms with van der Waals surface area (Å²) in [5.41, 5.74) is 2.18. The highest BCUT2D eigenvalue weighted by molar-refractivity contribution is 6.31. The summed E-state index contributed by atoms with van der Waals surface area (Å²) in [6.07, 6.45) is 1.70. The van der Waals surface area contributed by atoms with Gasteiger partial charge in [0.15, 0.2) is 0 Å². The van der Waals surface area contributed by atoms with Crippen LogP contribution in [-0.4, -0.2) is 15.9 Å². The van der Waals surface area contributed by atoms with Crippen molar-refractivity contribution in [3.05, 3.63) is 65.1 Å². The zero-order chi connectivity index (χ0) is 13.9. The number of fused-ring (bicyclic) bond motifs is 1. The third-order valence-corrected chi connectivity index (χ3v) is 3.22. The lowest BCUT2D eigenvalue weighted by Gasteiger charge is -2.02. The molecule has 0 fully saturated rings. The Hall–Kier alpha value is -2.33. The molecule has 4 nitrogen and oxygen atoms in total. The Morgan fingerprint density at radius 3 is 2.95 bits per heavy atom. The maximum Gasteiger partial charge on any atom is 0.268 e. The second kappa shape index (κ2) is 5.35. The van der Waals surface area contributed by atoms with Crippen LogP contribution in [-0.2, 0) is 6.54 Å². The van der Waals surface area contributed by atoms with Gasteiger partial charge in [-0.25, -0.2) is 0 Å². The lowest BCUT2D eigenvalue weighted by Crippen LogP contribution is -2.23. The monoisotopic (exact) mass is 285 g/mol. The summed E-state index contributed by atoms with van der Waals surface area (Å²) in [7, 11) is 0. The number of halogens is 1. The number of rotatable bonds is 3. The number of carbonyl (C=O) groups is 1. The summed E-state index contributed by atoms with van der Waals surface area (Å²) >= 11 is 5.92. The van der Waals surface area contributed by atoms with Gasteiger partial charge < -0.3 is 10.3 Å². The fourth-order valence-corrected chi connectivity index (χ4v) is 2.16. The molecule has 0 aliphatic carbocycles. The van der Waals surface area contributed by atoms with E-state index in [0.29, 0.717) is 17.3 Å². The fraction of sp³-hybridized carbons (Fsp3) is 0.0667. The summed E-state index contributed by atoms with van der Waals surface area (Å²) in [5.74, 6) is -0.164. The SMILES string of the molecule is O=C(NCc1ccccn1)c1cc2ccc(Cl)cc2[nH]1. The van der Waals surface area contributed by atoms with Crippen LogP contribution in [0.3, 0.4) is 0 Å². The van der Waals surface area contributed by atoms with E-state index in [1.165, 1.54) is 0 Å². The van der Waals surface area contributed by atoms with Crippen molar-refractivity contribution < 1.29 is 4.79 Å². The predicted molar refractivity (Wildman–Crippen MR) is 78.7 cm³/mol. The molecule has 0 aliphatic rings. The van der Waals surface area contributed by atoms with Gasteiger partial charge in [-0.2, -0.15) is 0 Å². The van der Waals surface area contributed by atoms with Crippen LogP contribution in [0.1, 0.15) is 16.2 Å². The van der Waals surface area contributed by atoms with Gasteiger partial charge in [0.25, 0.3) is 5.91 Å². The Kier molecular flexibility index (Phi) is 3.39. The lowest BCUT2D eigenvalue weighted by molar-refractivity contribution is 0.0946. The average molecular weight is 286 g/mol. The Morgan fingerprint density at radius 1 is 1.25 bits per heavy atom. The molecule has 100 valence electrons. The average Bonchev–Trinajstić information content (AvgIpc) is 2.89. The van der Waals surface area contributed by atoms with E-state index in [1.807, 2.05) is 24.3 Å². The molecule has 2 heterocycles. The number of amides is 1. The summed E-state index contributed by atoms with van der Waals surface area (Å²) in [6.45, 7) is 0.399. The molecule has 0 unspecified atom stereocenters. The number of aromatic nitrogens is 2. The second-order valence-electron chi connectivity index (χ2n) is 4.42. The van der Waals surface area contributed by atoms with E-state index < -0.39 is 0 Å². The Balaban J connectivity index is 1.75. The topological polar surface area (TPSA) is 57.8 Å². The van der Waals surface area contributed by atoms with Crippen molar-refractivity contribution in [1.82, 2.24) is 15.3 Å². The van der Waals surface area contributed by atoms with Crippen LogP contribution in [0.25, 0.3) is 10.9 Å². The molecule has 20 heavy (non-hydrogen) atoms. The van der Waals surface area contributed by atoms with Crippen molar-refractivity contribution in [2.24, 2.45) is 0 Å². The first kappa shape index (κ1) is 12.7. The number of nitrogens with one attached hydrogen (secondary N) is 2. The normalized spacial score (nSPS) is 10.7. The minimum atomic E-state index is -0.164.